The van der Waals surface area contributed by atoms with E-state index in [9.17, 15) is 4.79 Å². The molecular weight excluding hydrogens is 336 g/mol. The Morgan fingerprint density at radius 2 is 2.08 bits per heavy atom. The lowest BCUT2D eigenvalue weighted by Crippen LogP contribution is -2.15. The van der Waals surface area contributed by atoms with Crippen LogP contribution in [0, 0.1) is 13.8 Å². The van der Waals surface area contributed by atoms with Crippen LogP contribution in [-0.2, 0) is 5.75 Å². The number of aliphatic imine (C=N–C) groups is 1. The molecule has 1 heterocycles. The molecule has 0 atom stereocenters. The van der Waals surface area contributed by atoms with Crippen LogP contribution < -0.4 is 5.32 Å². The van der Waals surface area contributed by atoms with Crippen LogP contribution in [0.25, 0.3) is 0 Å². The van der Waals surface area contributed by atoms with Crippen LogP contribution in [0.3, 0.4) is 0 Å². The lowest BCUT2D eigenvalue weighted by molar-refractivity contribution is 0.102. The lowest BCUT2D eigenvalue weighted by Gasteiger charge is -2.12. The first kappa shape index (κ1) is 17.1. The molecule has 3 nitrogen and oxygen atoms in total. The van der Waals surface area contributed by atoms with E-state index in [0.29, 0.717) is 0 Å². The third-order valence-corrected chi connectivity index (χ3v) is 6.11. The van der Waals surface area contributed by atoms with Gasteiger partial charge in [0.2, 0.25) is 0 Å². The second-order valence-corrected chi connectivity index (χ2v) is 8.02. The third-order valence-electron chi connectivity index (χ3n) is 3.81. The topological polar surface area (TPSA) is 41.5 Å². The maximum absolute atomic E-state index is 12.7. The molecule has 0 fully saturated rings. The van der Waals surface area contributed by atoms with Crippen molar-refractivity contribution < 1.29 is 4.79 Å². The minimum absolute atomic E-state index is 0.0547. The number of anilines is 1. The fourth-order valence-corrected chi connectivity index (χ4v) is 4.48. The Balaban J connectivity index is 1.75. The summed E-state index contributed by atoms with van der Waals surface area (Å²) in [7, 11) is 0. The van der Waals surface area contributed by atoms with Crippen molar-refractivity contribution in [1.82, 2.24) is 0 Å². The molecule has 1 N–H and O–H groups in total. The maximum atomic E-state index is 12.7. The lowest BCUT2D eigenvalue weighted by atomic mass is 10.1. The predicted octanol–water partition coefficient (Wildman–Crippen LogP) is 4.89. The number of amides is 1. The maximum Gasteiger partial charge on any atom is 0.255 e. The molecule has 2 aromatic rings. The Bertz CT molecular complexity index is 787. The van der Waals surface area contributed by atoms with E-state index in [4.69, 9.17) is 0 Å². The highest BCUT2D eigenvalue weighted by atomic mass is 32.2. The van der Waals surface area contributed by atoms with E-state index in [1.807, 2.05) is 50.2 Å². The average Bonchev–Trinajstić information content (AvgIpc) is 3.10. The first-order valence-corrected chi connectivity index (χ1v) is 9.87. The molecule has 2 aromatic carbocycles. The smallest absolute Gasteiger partial charge is 0.255 e. The predicted molar refractivity (Wildman–Crippen MR) is 106 cm³/mol. The van der Waals surface area contributed by atoms with Gasteiger partial charge in [0, 0.05) is 22.8 Å². The summed E-state index contributed by atoms with van der Waals surface area (Å²) in [5.41, 5.74) is 4.85. The zero-order valence-electron chi connectivity index (χ0n) is 13.8. The van der Waals surface area contributed by atoms with Crippen LogP contribution in [0.15, 0.2) is 47.5 Å². The van der Waals surface area contributed by atoms with Crippen molar-refractivity contribution in [3.8, 4) is 0 Å². The largest absolute Gasteiger partial charge is 0.322 e. The molecule has 124 valence electrons. The molecule has 1 aliphatic rings. The molecule has 0 spiro atoms. The van der Waals surface area contributed by atoms with Crippen LogP contribution in [-0.4, -0.2) is 22.6 Å². The summed E-state index contributed by atoms with van der Waals surface area (Å²) in [6.45, 7) is 4.94. The van der Waals surface area contributed by atoms with Gasteiger partial charge in [0.25, 0.3) is 5.91 Å². The zero-order chi connectivity index (χ0) is 16.9. The van der Waals surface area contributed by atoms with Gasteiger partial charge in [-0.1, -0.05) is 53.9 Å². The first-order valence-electron chi connectivity index (χ1n) is 7.90. The Hall–Kier alpha value is -1.72. The summed E-state index contributed by atoms with van der Waals surface area (Å²) in [6.07, 6.45) is 0. The van der Waals surface area contributed by atoms with Crippen molar-refractivity contribution in [2.75, 3.05) is 17.6 Å². The quantitative estimate of drug-likeness (QED) is 0.848. The molecular formula is C19H20N2OS2. The molecule has 3 rings (SSSR count). The van der Waals surface area contributed by atoms with Gasteiger partial charge in [0.15, 0.2) is 0 Å². The number of carbonyl (C=O) groups is 1. The van der Waals surface area contributed by atoms with Gasteiger partial charge in [-0.25, -0.2) is 0 Å². The number of hydrogen-bond donors (Lipinski definition) is 1. The fraction of sp³-hybridized carbons (Fsp3) is 0.263. The SMILES string of the molecule is Cc1ccc(C)c(NC(=O)c2ccccc2CSC2=NCCS2)c1. The summed E-state index contributed by atoms with van der Waals surface area (Å²) >= 11 is 3.51. The van der Waals surface area contributed by atoms with E-state index >= 15 is 0 Å². The van der Waals surface area contributed by atoms with Crippen molar-refractivity contribution in [2.45, 2.75) is 19.6 Å². The number of benzene rings is 2. The Morgan fingerprint density at radius 3 is 2.88 bits per heavy atom. The van der Waals surface area contributed by atoms with Gasteiger partial charge in [-0.2, -0.15) is 0 Å². The average molecular weight is 357 g/mol. The van der Waals surface area contributed by atoms with E-state index < -0.39 is 0 Å². The standard InChI is InChI=1S/C19H20N2OS2/c1-13-7-8-14(2)17(11-13)21-18(22)16-6-4-3-5-15(16)12-24-19-20-9-10-23-19/h3-8,11H,9-10,12H2,1-2H3,(H,21,22). The summed E-state index contributed by atoms with van der Waals surface area (Å²) in [5, 5.41) is 3.05. The van der Waals surface area contributed by atoms with E-state index in [2.05, 4.69) is 16.4 Å². The highest BCUT2D eigenvalue weighted by Crippen LogP contribution is 2.27. The Labute approximate surface area is 151 Å². The monoisotopic (exact) mass is 356 g/mol. The Kier molecular flexibility index (Phi) is 5.63. The molecule has 0 aromatic heterocycles. The van der Waals surface area contributed by atoms with E-state index in [1.54, 1.807) is 23.5 Å². The van der Waals surface area contributed by atoms with Crippen molar-refractivity contribution in [1.29, 1.82) is 0 Å². The van der Waals surface area contributed by atoms with Gasteiger partial charge in [0.05, 0.1) is 6.54 Å². The first-order chi connectivity index (χ1) is 11.6. The van der Waals surface area contributed by atoms with E-state index in [0.717, 1.165) is 50.4 Å². The Morgan fingerprint density at radius 1 is 1.25 bits per heavy atom. The van der Waals surface area contributed by atoms with Crippen molar-refractivity contribution >= 4 is 39.5 Å². The number of nitrogens with zero attached hydrogens (tertiary/aromatic N) is 1. The summed E-state index contributed by atoms with van der Waals surface area (Å²) in [5.74, 6) is 1.78. The molecule has 0 aliphatic carbocycles. The number of carbonyl (C=O) groups excluding carboxylic acids is 1. The molecule has 24 heavy (non-hydrogen) atoms. The molecule has 1 amide bonds. The second-order valence-electron chi connectivity index (χ2n) is 5.71. The minimum Gasteiger partial charge on any atom is -0.322 e. The molecule has 0 saturated heterocycles. The molecule has 0 saturated carbocycles. The zero-order valence-corrected chi connectivity index (χ0v) is 15.5. The summed E-state index contributed by atoms with van der Waals surface area (Å²) < 4.78 is 1.12. The minimum atomic E-state index is -0.0547. The van der Waals surface area contributed by atoms with Gasteiger partial charge < -0.3 is 5.32 Å². The highest BCUT2D eigenvalue weighted by Gasteiger charge is 2.14. The van der Waals surface area contributed by atoms with Crippen LogP contribution in [0.1, 0.15) is 27.0 Å². The van der Waals surface area contributed by atoms with E-state index in [-0.39, 0.29) is 5.91 Å². The van der Waals surface area contributed by atoms with Gasteiger partial charge in [-0.15, -0.1) is 0 Å². The van der Waals surface area contributed by atoms with E-state index in [1.165, 1.54) is 0 Å². The summed E-state index contributed by atoms with van der Waals surface area (Å²) in [6, 6.07) is 13.9. The number of rotatable bonds is 4. The van der Waals surface area contributed by atoms with Crippen LogP contribution in [0.5, 0.6) is 0 Å². The fourth-order valence-electron chi connectivity index (χ4n) is 2.47. The van der Waals surface area contributed by atoms with Gasteiger partial charge in [-0.05, 0) is 42.7 Å². The second kappa shape index (κ2) is 7.90. The molecule has 0 bridgehead atoms. The number of thioether (sulfide) groups is 2. The van der Waals surface area contributed by atoms with Gasteiger partial charge >= 0.3 is 0 Å². The molecule has 0 radical (unpaired) electrons. The van der Waals surface area contributed by atoms with Crippen molar-refractivity contribution in [3.63, 3.8) is 0 Å². The number of hydrogen-bond acceptors (Lipinski definition) is 4. The third kappa shape index (κ3) is 4.22. The van der Waals surface area contributed by atoms with Crippen LogP contribution in [0.2, 0.25) is 0 Å². The number of nitrogens with one attached hydrogen (secondary N) is 1. The normalized spacial score (nSPS) is 13.7. The van der Waals surface area contributed by atoms with Crippen LogP contribution in [0.4, 0.5) is 5.69 Å². The van der Waals surface area contributed by atoms with Gasteiger partial charge in [-0.3, -0.25) is 9.79 Å². The van der Waals surface area contributed by atoms with Crippen molar-refractivity contribution in [2.24, 2.45) is 4.99 Å². The van der Waals surface area contributed by atoms with Crippen LogP contribution >= 0.6 is 23.5 Å². The highest BCUT2D eigenvalue weighted by molar-refractivity contribution is 8.38. The van der Waals surface area contributed by atoms with Gasteiger partial charge in [0.1, 0.15) is 4.38 Å². The molecule has 0 unspecified atom stereocenters. The molecule has 1 aliphatic heterocycles. The molecule has 5 heteroatoms. The van der Waals surface area contributed by atoms with Crippen molar-refractivity contribution in [3.05, 3.63) is 64.7 Å². The summed E-state index contributed by atoms with van der Waals surface area (Å²) in [4.78, 5) is 17.2. The number of aryl methyl sites for hydroxylation is 2.